The zero-order chi connectivity index (χ0) is 14.8. The summed E-state index contributed by atoms with van der Waals surface area (Å²) in [5.74, 6) is 0. The van der Waals surface area contributed by atoms with Crippen molar-refractivity contribution in [2.75, 3.05) is 5.32 Å². The maximum atomic E-state index is 13.0. The predicted octanol–water partition coefficient (Wildman–Crippen LogP) is 5.39. The van der Waals surface area contributed by atoms with Crippen LogP contribution >= 0.6 is 15.9 Å². The molecule has 0 saturated carbocycles. The molecule has 2 rings (SSSR count). The highest BCUT2D eigenvalue weighted by molar-refractivity contribution is 9.10. The average Bonchev–Trinajstić information content (AvgIpc) is 2.38. The molecule has 0 heterocycles. The Balaban J connectivity index is 2.24. The fraction of sp³-hybridized carbons (Fsp3) is 0.200. The molecular weight excluding hydrogens is 331 g/mol. The first-order chi connectivity index (χ1) is 9.38. The minimum atomic E-state index is -4.38. The molecule has 20 heavy (non-hydrogen) atoms. The van der Waals surface area contributed by atoms with Gasteiger partial charge in [-0.2, -0.15) is 13.2 Å². The molecule has 0 bridgehead atoms. The summed E-state index contributed by atoms with van der Waals surface area (Å²) >= 11 is 3.07. The lowest BCUT2D eigenvalue weighted by Gasteiger charge is -2.15. The third kappa shape index (κ3) is 3.54. The largest absolute Gasteiger partial charge is 0.418 e. The highest BCUT2D eigenvalue weighted by Gasteiger charge is 2.33. The van der Waals surface area contributed by atoms with Crippen LogP contribution in [-0.2, 0) is 12.7 Å². The lowest BCUT2D eigenvalue weighted by Crippen LogP contribution is -2.11. The molecule has 0 radical (unpaired) electrons. The molecule has 2 aromatic carbocycles. The average molecular weight is 344 g/mol. The van der Waals surface area contributed by atoms with Gasteiger partial charge in [0.05, 0.1) is 5.56 Å². The van der Waals surface area contributed by atoms with Crippen molar-refractivity contribution in [1.82, 2.24) is 0 Å². The molecule has 0 spiro atoms. The highest BCUT2D eigenvalue weighted by atomic mass is 79.9. The monoisotopic (exact) mass is 343 g/mol. The Hall–Kier alpha value is -1.49. The number of hydrogen-bond acceptors (Lipinski definition) is 1. The molecule has 0 atom stereocenters. The first-order valence-corrected chi connectivity index (χ1v) is 6.82. The summed E-state index contributed by atoms with van der Waals surface area (Å²) in [6.45, 7) is 2.29. The predicted molar refractivity (Wildman–Crippen MR) is 77.6 cm³/mol. The van der Waals surface area contributed by atoms with E-state index in [1.807, 2.05) is 31.2 Å². The summed E-state index contributed by atoms with van der Waals surface area (Å²) in [5.41, 5.74) is 1.44. The van der Waals surface area contributed by atoms with Crippen molar-refractivity contribution in [2.24, 2.45) is 0 Å². The molecule has 2 aromatic rings. The molecule has 0 unspecified atom stereocenters. The molecule has 0 aliphatic carbocycles. The van der Waals surface area contributed by atoms with Gasteiger partial charge in [-0.15, -0.1) is 0 Å². The van der Waals surface area contributed by atoms with Gasteiger partial charge in [-0.05, 0) is 36.2 Å². The van der Waals surface area contributed by atoms with Gasteiger partial charge in [0.2, 0.25) is 0 Å². The van der Waals surface area contributed by atoms with Crippen molar-refractivity contribution in [3.63, 3.8) is 0 Å². The number of aryl methyl sites for hydroxylation is 1. The van der Waals surface area contributed by atoms with Crippen molar-refractivity contribution >= 4 is 21.6 Å². The van der Waals surface area contributed by atoms with E-state index in [9.17, 15) is 13.2 Å². The van der Waals surface area contributed by atoms with E-state index in [1.54, 1.807) is 6.07 Å². The zero-order valence-electron chi connectivity index (χ0n) is 10.8. The Morgan fingerprint density at radius 3 is 2.45 bits per heavy atom. The van der Waals surface area contributed by atoms with Crippen molar-refractivity contribution in [3.05, 3.63) is 63.6 Å². The summed E-state index contributed by atoms with van der Waals surface area (Å²) in [6.07, 6.45) is -4.38. The van der Waals surface area contributed by atoms with Crippen molar-refractivity contribution in [2.45, 2.75) is 19.6 Å². The minimum absolute atomic E-state index is 0.0870. The lowest BCUT2D eigenvalue weighted by molar-refractivity contribution is -0.137. The molecule has 0 fully saturated rings. The van der Waals surface area contributed by atoms with Crippen LogP contribution in [0.5, 0.6) is 0 Å². The number of benzene rings is 2. The Labute approximate surface area is 123 Å². The maximum Gasteiger partial charge on any atom is 0.418 e. The first kappa shape index (κ1) is 14.9. The van der Waals surface area contributed by atoms with Crippen LogP contribution in [0.4, 0.5) is 18.9 Å². The minimum Gasteiger partial charge on any atom is -0.380 e. The Morgan fingerprint density at radius 2 is 1.80 bits per heavy atom. The second kappa shape index (κ2) is 5.87. The Morgan fingerprint density at radius 1 is 1.10 bits per heavy atom. The number of nitrogens with one attached hydrogen (secondary N) is 1. The topological polar surface area (TPSA) is 12.0 Å². The second-order valence-corrected chi connectivity index (χ2v) is 5.38. The van der Waals surface area contributed by atoms with Crippen molar-refractivity contribution in [1.29, 1.82) is 0 Å². The van der Waals surface area contributed by atoms with Crippen LogP contribution in [0.25, 0.3) is 0 Å². The molecule has 0 aliphatic heterocycles. The molecule has 0 saturated heterocycles. The Bertz CT molecular complexity index is 608. The lowest BCUT2D eigenvalue weighted by atomic mass is 10.1. The standard InChI is InChI=1S/C15H13BrF3N/c1-10-4-2-3-5-11(10)9-20-14-7-6-12(16)8-13(14)15(17,18)19/h2-8,20H,9H2,1H3. The summed E-state index contributed by atoms with van der Waals surface area (Å²) in [5, 5.41) is 2.86. The van der Waals surface area contributed by atoms with Crippen molar-refractivity contribution < 1.29 is 13.2 Å². The molecule has 1 nitrogen and oxygen atoms in total. The zero-order valence-corrected chi connectivity index (χ0v) is 12.3. The third-order valence-electron chi connectivity index (χ3n) is 3.02. The van der Waals surface area contributed by atoms with Crippen LogP contribution < -0.4 is 5.32 Å². The van der Waals surface area contributed by atoms with Gasteiger partial charge in [-0.1, -0.05) is 40.2 Å². The fourth-order valence-corrected chi connectivity index (χ4v) is 2.27. The summed E-state index contributed by atoms with van der Waals surface area (Å²) in [4.78, 5) is 0. The van der Waals surface area contributed by atoms with E-state index < -0.39 is 11.7 Å². The molecule has 0 aliphatic rings. The van der Waals surface area contributed by atoms with Gasteiger partial charge in [-0.25, -0.2) is 0 Å². The maximum absolute atomic E-state index is 13.0. The normalized spacial score (nSPS) is 11.4. The second-order valence-electron chi connectivity index (χ2n) is 4.47. The van der Waals surface area contributed by atoms with E-state index in [0.29, 0.717) is 11.0 Å². The smallest absolute Gasteiger partial charge is 0.380 e. The molecule has 106 valence electrons. The van der Waals surface area contributed by atoms with Gasteiger partial charge in [-0.3, -0.25) is 0 Å². The SMILES string of the molecule is Cc1ccccc1CNc1ccc(Br)cc1C(F)(F)F. The van der Waals surface area contributed by atoms with E-state index in [4.69, 9.17) is 0 Å². The van der Waals surface area contributed by atoms with Gasteiger partial charge >= 0.3 is 6.18 Å². The number of rotatable bonds is 3. The molecule has 0 amide bonds. The molecule has 1 N–H and O–H groups in total. The van der Waals surface area contributed by atoms with Crippen LogP contribution in [0.1, 0.15) is 16.7 Å². The van der Waals surface area contributed by atoms with Gasteiger partial charge in [0, 0.05) is 16.7 Å². The Kier molecular flexibility index (Phi) is 4.38. The van der Waals surface area contributed by atoms with Crippen LogP contribution in [0.15, 0.2) is 46.9 Å². The quantitative estimate of drug-likeness (QED) is 0.787. The number of halogens is 4. The third-order valence-corrected chi connectivity index (χ3v) is 3.51. The fourth-order valence-electron chi connectivity index (χ4n) is 1.90. The summed E-state index contributed by atoms with van der Waals surface area (Å²) in [7, 11) is 0. The number of alkyl halides is 3. The van der Waals surface area contributed by atoms with Gasteiger partial charge in [0.15, 0.2) is 0 Å². The highest BCUT2D eigenvalue weighted by Crippen LogP contribution is 2.36. The number of anilines is 1. The van der Waals surface area contributed by atoms with E-state index >= 15 is 0 Å². The van der Waals surface area contributed by atoms with E-state index in [-0.39, 0.29) is 5.69 Å². The van der Waals surface area contributed by atoms with Gasteiger partial charge in [0.1, 0.15) is 0 Å². The van der Waals surface area contributed by atoms with Crippen LogP contribution in [-0.4, -0.2) is 0 Å². The molecular formula is C15H13BrF3N. The summed E-state index contributed by atoms with van der Waals surface area (Å²) in [6, 6.07) is 11.7. The van der Waals surface area contributed by atoms with E-state index in [2.05, 4.69) is 21.2 Å². The van der Waals surface area contributed by atoms with Gasteiger partial charge < -0.3 is 5.32 Å². The molecule has 5 heteroatoms. The van der Waals surface area contributed by atoms with Crippen molar-refractivity contribution in [3.8, 4) is 0 Å². The van der Waals surface area contributed by atoms with Crippen LogP contribution in [0.2, 0.25) is 0 Å². The summed E-state index contributed by atoms with van der Waals surface area (Å²) < 4.78 is 39.3. The van der Waals surface area contributed by atoms with E-state index in [1.165, 1.54) is 6.07 Å². The van der Waals surface area contributed by atoms with Crippen LogP contribution in [0.3, 0.4) is 0 Å². The van der Waals surface area contributed by atoms with Crippen LogP contribution in [0, 0.1) is 6.92 Å². The van der Waals surface area contributed by atoms with E-state index in [0.717, 1.165) is 17.2 Å². The molecule has 0 aromatic heterocycles. The first-order valence-electron chi connectivity index (χ1n) is 6.03. The van der Waals surface area contributed by atoms with Gasteiger partial charge in [0.25, 0.3) is 0 Å². The number of hydrogen-bond donors (Lipinski definition) is 1.